The molecule has 0 saturated heterocycles. The first kappa shape index (κ1) is 20.0. The lowest BCUT2D eigenvalue weighted by Crippen LogP contribution is -2.14. The van der Waals surface area contributed by atoms with E-state index in [9.17, 15) is 9.59 Å². The Balaban J connectivity index is 2.02. The van der Waals surface area contributed by atoms with Crippen molar-refractivity contribution in [3.63, 3.8) is 0 Å². The Bertz CT molecular complexity index is 791. The van der Waals surface area contributed by atoms with Crippen LogP contribution in [0.3, 0.4) is 0 Å². The molecule has 1 aromatic carbocycles. The van der Waals surface area contributed by atoms with Gasteiger partial charge in [0.05, 0.1) is 19.3 Å². The number of carbonyl (C=O) groups excluding carboxylic acids is 2. The minimum absolute atomic E-state index is 0.205. The number of carbonyl (C=O) groups is 2. The van der Waals surface area contributed by atoms with Crippen molar-refractivity contribution in [3.8, 4) is 11.5 Å². The molecule has 2 aromatic rings. The zero-order valence-electron chi connectivity index (χ0n) is 15.8. The van der Waals surface area contributed by atoms with Crippen LogP contribution in [0, 0.1) is 19.8 Å². The van der Waals surface area contributed by atoms with Crippen molar-refractivity contribution >= 4 is 23.1 Å². The lowest BCUT2D eigenvalue weighted by molar-refractivity contribution is 0.0474. The number of thiophene rings is 1. The Morgan fingerprint density at radius 3 is 2.42 bits per heavy atom. The molecule has 0 aliphatic rings. The van der Waals surface area contributed by atoms with Gasteiger partial charge in [-0.05, 0) is 44.0 Å². The smallest absolute Gasteiger partial charge is 0.338 e. The van der Waals surface area contributed by atoms with E-state index in [-0.39, 0.29) is 12.4 Å². The summed E-state index contributed by atoms with van der Waals surface area (Å²) in [5.74, 6) is 0.620. The number of benzene rings is 1. The van der Waals surface area contributed by atoms with Crippen LogP contribution < -0.4 is 9.47 Å². The second-order valence-corrected chi connectivity index (χ2v) is 7.86. The van der Waals surface area contributed by atoms with Gasteiger partial charge in [0.2, 0.25) is 5.78 Å². The number of aryl methyl sites for hydroxylation is 2. The van der Waals surface area contributed by atoms with Crippen LogP contribution in [-0.2, 0) is 4.74 Å². The zero-order valence-corrected chi connectivity index (χ0v) is 16.6. The van der Waals surface area contributed by atoms with Crippen molar-refractivity contribution in [2.45, 2.75) is 27.7 Å². The van der Waals surface area contributed by atoms with Gasteiger partial charge in [0, 0.05) is 15.3 Å². The van der Waals surface area contributed by atoms with E-state index in [1.54, 1.807) is 29.5 Å². The van der Waals surface area contributed by atoms with Gasteiger partial charge in [-0.2, -0.15) is 0 Å². The van der Waals surface area contributed by atoms with Crippen LogP contribution in [0.15, 0.2) is 24.3 Å². The summed E-state index contributed by atoms with van der Waals surface area (Å²) in [4.78, 5) is 26.5. The lowest BCUT2D eigenvalue weighted by atomic mass is 10.1. The van der Waals surface area contributed by atoms with Gasteiger partial charge in [-0.25, -0.2) is 4.79 Å². The molecule has 0 unspecified atom stereocenters. The SMILES string of the molecule is COc1cc(C(=O)OCC(=O)c2cc(C)sc2C)ccc1OCC(C)C. The van der Waals surface area contributed by atoms with Crippen molar-refractivity contribution in [1.29, 1.82) is 0 Å². The molecule has 1 aromatic heterocycles. The summed E-state index contributed by atoms with van der Waals surface area (Å²) < 4.78 is 16.1. The third kappa shape index (κ3) is 5.08. The summed E-state index contributed by atoms with van der Waals surface area (Å²) in [5.41, 5.74) is 0.917. The first-order valence-corrected chi connectivity index (χ1v) is 9.21. The average molecular weight is 376 g/mol. The molecule has 0 aliphatic heterocycles. The Morgan fingerprint density at radius 2 is 1.85 bits per heavy atom. The Hall–Kier alpha value is -2.34. The first-order chi connectivity index (χ1) is 12.3. The number of hydrogen-bond donors (Lipinski definition) is 0. The van der Waals surface area contributed by atoms with E-state index in [1.165, 1.54) is 7.11 Å². The quantitative estimate of drug-likeness (QED) is 0.503. The zero-order chi connectivity index (χ0) is 19.3. The van der Waals surface area contributed by atoms with Gasteiger partial charge < -0.3 is 14.2 Å². The first-order valence-electron chi connectivity index (χ1n) is 8.40. The monoisotopic (exact) mass is 376 g/mol. The van der Waals surface area contributed by atoms with Crippen molar-refractivity contribution in [3.05, 3.63) is 45.1 Å². The minimum atomic E-state index is -0.573. The molecular weight excluding hydrogens is 352 g/mol. The molecule has 0 bridgehead atoms. The molecule has 0 radical (unpaired) electrons. The van der Waals surface area contributed by atoms with E-state index >= 15 is 0 Å². The number of ketones is 1. The van der Waals surface area contributed by atoms with Crippen molar-refractivity contribution < 1.29 is 23.8 Å². The number of ether oxygens (including phenoxy) is 3. The Labute approximate surface area is 157 Å². The molecule has 2 rings (SSSR count). The molecule has 0 spiro atoms. The maximum absolute atomic E-state index is 12.2. The van der Waals surface area contributed by atoms with E-state index in [0.717, 1.165) is 9.75 Å². The fourth-order valence-electron chi connectivity index (χ4n) is 2.37. The molecule has 0 N–H and O–H groups in total. The molecule has 26 heavy (non-hydrogen) atoms. The number of esters is 1. The summed E-state index contributed by atoms with van der Waals surface area (Å²) in [6.07, 6.45) is 0. The summed E-state index contributed by atoms with van der Waals surface area (Å²) in [7, 11) is 1.51. The molecule has 0 atom stereocenters. The third-order valence-electron chi connectivity index (χ3n) is 3.65. The molecule has 0 aliphatic carbocycles. The maximum atomic E-state index is 12.2. The van der Waals surface area contributed by atoms with E-state index < -0.39 is 5.97 Å². The van der Waals surface area contributed by atoms with Gasteiger partial charge in [-0.1, -0.05) is 13.8 Å². The minimum Gasteiger partial charge on any atom is -0.493 e. The summed E-state index contributed by atoms with van der Waals surface area (Å²) in [6, 6.07) is 6.65. The maximum Gasteiger partial charge on any atom is 0.338 e. The van der Waals surface area contributed by atoms with Crippen LogP contribution in [-0.4, -0.2) is 32.1 Å². The van der Waals surface area contributed by atoms with Crippen LogP contribution in [0.1, 0.15) is 44.3 Å². The molecule has 1 heterocycles. The predicted octanol–water partition coefficient (Wildman–Crippen LogP) is 4.45. The number of Topliss-reactive ketones (excluding diaryl/α,β-unsaturated/α-hetero) is 1. The topological polar surface area (TPSA) is 61.8 Å². The molecule has 6 heteroatoms. The van der Waals surface area contributed by atoms with Gasteiger partial charge in [-0.3, -0.25) is 4.79 Å². The Morgan fingerprint density at radius 1 is 1.12 bits per heavy atom. The van der Waals surface area contributed by atoms with Crippen LogP contribution in [0.25, 0.3) is 0 Å². The summed E-state index contributed by atoms with van der Waals surface area (Å²) in [5, 5.41) is 0. The highest BCUT2D eigenvalue weighted by Gasteiger charge is 2.17. The average Bonchev–Trinajstić information content (AvgIpc) is 2.95. The van der Waals surface area contributed by atoms with Crippen molar-refractivity contribution in [1.82, 2.24) is 0 Å². The highest BCUT2D eigenvalue weighted by molar-refractivity contribution is 7.12. The summed E-state index contributed by atoms with van der Waals surface area (Å²) >= 11 is 1.55. The molecule has 0 saturated carbocycles. The normalized spacial score (nSPS) is 10.7. The van der Waals surface area contributed by atoms with E-state index in [2.05, 4.69) is 0 Å². The molecular formula is C20H24O5S. The van der Waals surface area contributed by atoms with Crippen molar-refractivity contribution in [2.24, 2.45) is 5.92 Å². The third-order valence-corrected chi connectivity index (χ3v) is 4.61. The van der Waals surface area contributed by atoms with Gasteiger partial charge in [0.1, 0.15) is 0 Å². The van der Waals surface area contributed by atoms with Gasteiger partial charge in [-0.15, -0.1) is 11.3 Å². The second kappa shape index (κ2) is 8.85. The van der Waals surface area contributed by atoms with Crippen LogP contribution in [0.2, 0.25) is 0 Å². The van der Waals surface area contributed by atoms with E-state index in [1.807, 2.05) is 33.8 Å². The highest BCUT2D eigenvalue weighted by Crippen LogP contribution is 2.29. The standard InChI is InChI=1S/C20H24O5S/c1-12(2)10-24-18-7-6-15(9-19(18)23-5)20(22)25-11-17(21)16-8-13(3)26-14(16)4/h6-9,12H,10-11H2,1-5H3. The van der Waals surface area contributed by atoms with Crippen LogP contribution >= 0.6 is 11.3 Å². The fourth-order valence-corrected chi connectivity index (χ4v) is 3.31. The highest BCUT2D eigenvalue weighted by atomic mass is 32.1. The Kier molecular flexibility index (Phi) is 6.80. The molecule has 140 valence electrons. The number of rotatable bonds is 8. The van der Waals surface area contributed by atoms with Gasteiger partial charge >= 0.3 is 5.97 Å². The lowest BCUT2D eigenvalue weighted by Gasteiger charge is -2.13. The van der Waals surface area contributed by atoms with Gasteiger partial charge in [0.15, 0.2) is 18.1 Å². The number of methoxy groups -OCH3 is 1. The summed E-state index contributed by atoms with van der Waals surface area (Å²) in [6.45, 7) is 8.18. The largest absolute Gasteiger partial charge is 0.493 e. The number of hydrogen-bond acceptors (Lipinski definition) is 6. The molecule has 5 nitrogen and oxygen atoms in total. The predicted molar refractivity (Wildman–Crippen MR) is 102 cm³/mol. The molecule has 0 amide bonds. The van der Waals surface area contributed by atoms with Crippen LogP contribution in [0.4, 0.5) is 0 Å². The van der Waals surface area contributed by atoms with Crippen LogP contribution in [0.5, 0.6) is 11.5 Å². The van der Waals surface area contributed by atoms with E-state index in [4.69, 9.17) is 14.2 Å². The van der Waals surface area contributed by atoms with E-state index in [0.29, 0.717) is 35.2 Å². The second-order valence-electron chi connectivity index (χ2n) is 6.40. The molecule has 0 fully saturated rings. The van der Waals surface area contributed by atoms with Gasteiger partial charge in [0.25, 0.3) is 0 Å². The van der Waals surface area contributed by atoms with Crippen molar-refractivity contribution in [2.75, 3.05) is 20.3 Å². The fraction of sp³-hybridized carbons (Fsp3) is 0.400.